The average Bonchev–Trinajstić information content (AvgIpc) is 2.56. The second-order valence-corrected chi connectivity index (χ2v) is 5.56. The van der Waals surface area contributed by atoms with Crippen molar-refractivity contribution in [2.24, 2.45) is 9.98 Å². The van der Waals surface area contributed by atoms with E-state index in [2.05, 4.69) is 0 Å². The largest absolute Gasteiger partial charge is 0.273 e. The first kappa shape index (κ1) is 11.7. The number of aromatic nitrogens is 2. The third kappa shape index (κ3) is 1.70. The maximum Gasteiger partial charge on any atom is 0.0984 e. The van der Waals surface area contributed by atoms with E-state index in [4.69, 9.17) is 20.0 Å². The summed E-state index contributed by atoms with van der Waals surface area (Å²) in [5.41, 5.74) is 4.76. The van der Waals surface area contributed by atoms with Crippen LogP contribution in [0, 0.1) is 0 Å². The standard InChI is InChI=1S/C18H12N4/c1-2-6-12-11(5-1)19-15-9-17-18(10-16(15)20-12)22-14-8-4-3-7-13(14)21-17/h1-9,16H,10H2. The Morgan fingerprint density at radius 1 is 0.818 bits per heavy atom. The van der Waals surface area contributed by atoms with Crippen LogP contribution < -0.4 is 10.7 Å². The molecule has 1 atom stereocenters. The molecular weight excluding hydrogens is 272 g/mol. The van der Waals surface area contributed by atoms with E-state index in [1.807, 2.05) is 54.6 Å². The first-order chi connectivity index (χ1) is 10.9. The summed E-state index contributed by atoms with van der Waals surface area (Å²) in [4.78, 5) is 19.0. The number of rotatable bonds is 0. The molecule has 0 radical (unpaired) electrons. The van der Waals surface area contributed by atoms with Gasteiger partial charge in [0.2, 0.25) is 0 Å². The van der Waals surface area contributed by atoms with Gasteiger partial charge >= 0.3 is 0 Å². The van der Waals surface area contributed by atoms with Crippen molar-refractivity contribution >= 4 is 17.1 Å². The minimum atomic E-state index is 0.0536. The van der Waals surface area contributed by atoms with Crippen molar-refractivity contribution < 1.29 is 0 Å². The van der Waals surface area contributed by atoms with Gasteiger partial charge in [0, 0.05) is 6.42 Å². The van der Waals surface area contributed by atoms with Crippen LogP contribution in [-0.4, -0.2) is 16.0 Å². The lowest BCUT2D eigenvalue weighted by Gasteiger charge is -2.21. The molecular formula is C18H12N4. The SMILES string of the molecule is C1=C2N=c3ccccc3=NC2Cc2nc3ccccc3nc21. The maximum absolute atomic E-state index is 4.82. The summed E-state index contributed by atoms with van der Waals surface area (Å²) in [6.45, 7) is 0. The number of benzene rings is 2. The summed E-state index contributed by atoms with van der Waals surface area (Å²) in [6.07, 6.45) is 2.79. The van der Waals surface area contributed by atoms with E-state index in [-0.39, 0.29) is 6.04 Å². The van der Waals surface area contributed by atoms with Crippen molar-refractivity contribution in [2.45, 2.75) is 12.5 Å². The summed E-state index contributed by atoms with van der Waals surface area (Å²) in [5.74, 6) is 0. The zero-order valence-corrected chi connectivity index (χ0v) is 11.8. The van der Waals surface area contributed by atoms with Gasteiger partial charge in [-0.05, 0) is 30.3 Å². The zero-order valence-electron chi connectivity index (χ0n) is 11.8. The van der Waals surface area contributed by atoms with Gasteiger partial charge in [-0.3, -0.25) is 4.99 Å². The molecule has 5 rings (SSSR count). The van der Waals surface area contributed by atoms with Crippen LogP contribution in [-0.2, 0) is 6.42 Å². The second kappa shape index (κ2) is 4.31. The predicted molar refractivity (Wildman–Crippen MR) is 83.8 cm³/mol. The predicted octanol–water partition coefficient (Wildman–Crippen LogP) is 1.85. The Morgan fingerprint density at radius 2 is 1.55 bits per heavy atom. The molecule has 4 nitrogen and oxygen atoms in total. The van der Waals surface area contributed by atoms with E-state index in [0.29, 0.717) is 0 Å². The quantitative estimate of drug-likeness (QED) is 0.632. The number of nitrogens with zero attached hydrogens (tertiary/aromatic N) is 4. The van der Waals surface area contributed by atoms with Gasteiger partial charge in [-0.25, -0.2) is 15.0 Å². The van der Waals surface area contributed by atoms with Crippen molar-refractivity contribution in [3.63, 3.8) is 0 Å². The third-order valence-corrected chi connectivity index (χ3v) is 4.11. The van der Waals surface area contributed by atoms with Crippen LogP contribution >= 0.6 is 0 Å². The van der Waals surface area contributed by atoms with Crippen LogP contribution in [0.4, 0.5) is 0 Å². The summed E-state index contributed by atoms with van der Waals surface area (Å²) in [5, 5.41) is 1.89. The van der Waals surface area contributed by atoms with Crippen molar-refractivity contribution in [3.8, 4) is 0 Å². The highest BCUT2D eigenvalue weighted by atomic mass is 14.9. The molecule has 0 saturated carbocycles. The van der Waals surface area contributed by atoms with Crippen LogP contribution in [0.25, 0.3) is 17.1 Å². The number of fused-ring (bicyclic) bond motifs is 4. The van der Waals surface area contributed by atoms with Gasteiger partial charge in [0.15, 0.2) is 0 Å². The fraction of sp³-hybridized carbons (Fsp3) is 0.111. The van der Waals surface area contributed by atoms with Crippen molar-refractivity contribution in [2.75, 3.05) is 0 Å². The Hall–Kier alpha value is -2.88. The maximum atomic E-state index is 4.82. The van der Waals surface area contributed by atoms with Crippen LogP contribution in [0.15, 0.2) is 64.2 Å². The molecule has 2 aromatic carbocycles. The molecule has 0 amide bonds. The highest BCUT2D eigenvalue weighted by molar-refractivity contribution is 5.76. The van der Waals surface area contributed by atoms with Gasteiger partial charge < -0.3 is 0 Å². The molecule has 1 unspecified atom stereocenters. The molecule has 104 valence electrons. The van der Waals surface area contributed by atoms with Crippen LogP contribution in [0.1, 0.15) is 11.4 Å². The van der Waals surface area contributed by atoms with Gasteiger partial charge in [0.1, 0.15) is 0 Å². The fourth-order valence-electron chi connectivity index (χ4n) is 3.03. The Labute approximate surface area is 126 Å². The highest BCUT2D eigenvalue weighted by Crippen LogP contribution is 2.26. The summed E-state index contributed by atoms with van der Waals surface area (Å²) < 4.78 is 0. The average molecular weight is 284 g/mol. The molecule has 2 heterocycles. The molecule has 3 aromatic rings. The highest BCUT2D eigenvalue weighted by Gasteiger charge is 2.24. The number of hydrogen-bond donors (Lipinski definition) is 0. The normalized spacial score (nSPS) is 18.4. The van der Waals surface area contributed by atoms with Gasteiger partial charge in [0.25, 0.3) is 0 Å². The molecule has 0 spiro atoms. The molecule has 0 fully saturated rings. The summed E-state index contributed by atoms with van der Waals surface area (Å²) >= 11 is 0. The number of hydrogen-bond acceptors (Lipinski definition) is 4. The Kier molecular flexibility index (Phi) is 2.30. The Bertz CT molecular complexity index is 1070. The van der Waals surface area contributed by atoms with Crippen molar-refractivity contribution in [1.82, 2.24) is 9.97 Å². The lowest BCUT2D eigenvalue weighted by molar-refractivity contribution is 0.688. The van der Waals surface area contributed by atoms with Crippen LogP contribution in [0.3, 0.4) is 0 Å². The Balaban J connectivity index is 1.75. The lowest BCUT2D eigenvalue weighted by atomic mass is 9.98. The van der Waals surface area contributed by atoms with E-state index in [0.717, 1.165) is 45.3 Å². The first-order valence-corrected chi connectivity index (χ1v) is 7.36. The van der Waals surface area contributed by atoms with Gasteiger partial charge in [0.05, 0.1) is 44.9 Å². The van der Waals surface area contributed by atoms with E-state index < -0.39 is 0 Å². The van der Waals surface area contributed by atoms with Gasteiger partial charge in [-0.1, -0.05) is 24.3 Å². The molecule has 0 saturated heterocycles. The van der Waals surface area contributed by atoms with Crippen molar-refractivity contribution in [1.29, 1.82) is 0 Å². The first-order valence-electron chi connectivity index (χ1n) is 7.36. The summed E-state index contributed by atoms with van der Waals surface area (Å²) in [6, 6.07) is 16.0. The lowest BCUT2D eigenvalue weighted by Crippen LogP contribution is -2.34. The topological polar surface area (TPSA) is 50.5 Å². The number of para-hydroxylation sites is 4. The van der Waals surface area contributed by atoms with Crippen molar-refractivity contribution in [3.05, 3.63) is 76.3 Å². The fourth-order valence-corrected chi connectivity index (χ4v) is 3.03. The molecule has 2 aliphatic rings. The summed E-state index contributed by atoms with van der Waals surface area (Å²) in [7, 11) is 0. The molecule has 0 bridgehead atoms. The van der Waals surface area contributed by atoms with Crippen LogP contribution in [0.2, 0.25) is 0 Å². The Morgan fingerprint density at radius 3 is 2.41 bits per heavy atom. The van der Waals surface area contributed by atoms with E-state index in [9.17, 15) is 0 Å². The molecule has 22 heavy (non-hydrogen) atoms. The van der Waals surface area contributed by atoms with E-state index in [1.165, 1.54) is 0 Å². The van der Waals surface area contributed by atoms with Gasteiger partial charge in [-0.15, -0.1) is 0 Å². The molecule has 1 aliphatic heterocycles. The molecule has 4 heteroatoms. The minimum Gasteiger partial charge on any atom is -0.273 e. The smallest absolute Gasteiger partial charge is 0.0984 e. The second-order valence-electron chi connectivity index (χ2n) is 5.56. The molecule has 1 aliphatic carbocycles. The monoisotopic (exact) mass is 284 g/mol. The van der Waals surface area contributed by atoms with Gasteiger partial charge in [-0.2, -0.15) is 0 Å². The van der Waals surface area contributed by atoms with Crippen LogP contribution in [0.5, 0.6) is 0 Å². The molecule has 1 aromatic heterocycles. The third-order valence-electron chi connectivity index (χ3n) is 4.11. The zero-order chi connectivity index (χ0) is 14.5. The van der Waals surface area contributed by atoms with E-state index in [1.54, 1.807) is 0 Å². The minimum absolute atomic E-state index is 0.0536. The van der Waals surface area contributed by atoms with E-state index >= 15 is 0 Å². The molecule has 0 N–H and O–H groups in total.